The zero-order valence-corrected chi connectivity index (χ0v) is 19.0. The molecule has 0 atom stereocenters. The molecular weight excluding hydrogens is 458 g/mol. The quantitative estimate of drug-likeness (QED) is 0.288. The average Bonchev–Trinajstić information content (AvgIpc) is 3.44. The number of hydrogen-bond donors (Lipinski definition) is 2. The van der Waals surface area contributed by atoms with Crippen LogP contribution in [0.1, 0.15) is 24.2 Å². The summed E-state index contributed by atoms with van der Waals surface area (Å²) < 4.78 is 6.49. The summed E-state index contributed by atoms with van der Waals surface area (Å²) in [7, 11) is 0. The van der Waals surface area contributed by atoms with Crippen molar-refractivity contribution in [2.24, 2.45) is 0 Å². The number of thioether (sulfide) groups is 1. The number of rotatable bonds is 8. The fourth-order valence-corrected chi connectivity index (χ4v) is 3.81. The molecule has 0 unspecified atom stereocenters. The van der Waals surface area contributed by atoms with Gasteiger partial charge in [-0.05, 0) is 41.5 Å². The van der Waals surface area contributed by atoms with E-state index >= 15 is 0 Å². The Morgan fingerprint density at radius 1 is 0.971 bits per heavy atom. The molecule has 2 aromatic heterocycles. The third-order valence-electron chi connectivity index (χ3n) is 4.53. The molecule has 34 heavy (non-hydrogen) atoms. The Morgan fingerprint density at radius 3 is 2.50 bits per heavy atom. The van der Waals surface area contributed by atoms with Crippen molar-refractivity contribution in [2.45, 2.75) is 19.0 Å². The van der Waals surface area contributed by atoms with Gasteiger partial charge in [0.2, 0.25) is 17.6 Å². The third-order valence-corrected chi connectivity index (χ3v) is 5.46. The second-order valence-electron chi connectivity index (χ2n) is 7.09. The Bertz CT molecular complexity index is 1350. The van der Waals surface area contributed by atoms with E-state index in [1.807, 2.05) is 30.3 Å². The van der Waals surface area contributed by atoms with Gasteiger partial charge in [0.15, 0.2) is 22.5 Å². The molecule has 2 amide bonds. The standard InChI is InChI=1S/C22H19N7O4S/c1-13(30)15-7-6-8-16(11-15)24-18(32)12-34-22-26-25-21(29(22)17-9-4-3-5-10-17)19-20(23-14(2)31)28-33-27-19/h3-11H,12H2,1-2H3,(H,24,32)(H,23,28,31). The van der Waals surface area contributed by atoms with E-state index in [-0.39, 0.29) is 40.7 Å². The number of nitrogens with one attached hydrogen (secondary N) is 2. The molecular formula is C22H19N7O4S. The Balaban J connectivity index is 1.59. The zero-order chi connectivity index (χ0) is 24.1. The van der Waals surface area contributed by atoms with E-state index in [2.05, 4.69) is 31.1 Å². The van der Waals surface area contributed by atoms with Crippen molar-refractivity contribution in [1.29, 1.82) is 0 Å². The van der Waals surface area contributed by atoms with Crippen molar-refractivity contribution >= 4 is 40.9 Å². The Kier molecular flexibility index (Phi) is 6.78. The number of Topliss-reactive ketones (excluding diaryl/α,β-unsaturated/α-hetero) is 1. The molecule has 2 aromatic carbocycles. The van der Waals surface area contributed by atoms with Crippen molar-refractivity contribution in [3.8, 4) is 17.2 Å². The minimum Gasteiger partial charge on any atom is -0.325 e. The van der Waals surface area contributed by atoms with Gasteiger partial charge in [0.25, 0.3) is 0 Å². The zero-order valence-electron chi connectivity index (χ0n) is 18.2. The van der Waals surface area contributed by atoms with Crippen molar-refractivity contribution in [1.82, 2.24) is 25.1 Å². The van der Waals surface area contributed by atoms with Gasteiger partial charge in [0.05, 0.1) is 5.75 Å². The van der Waals surface area contributed by atoms with Crippen LogP contribution in [-0.4, -0.2) is 48.4 Å². The topological polar surface area (TPSA) is 145 Å². The van der Waals surface area contributed by atoms with E-state index in [1.54, 1.807) is 28.8 Å². The lowest BCUT2D eigenvalue weighted by Crippen LogP contribution is -2.15. The second kappa shape index (κ2) is 10.1. The number of aromatic nitrogens is 5. The summed E-state index contributed by atoms with van der Waals surface area (Å²) in [5, 5.41) is 21.8. The maximum absolute atomic E-state index is 12.6. The SMILES string of the molecule is CC(=O)Nc1nonc1-c1nnc(SCC(=O)Nc2cccc(C(C)=O)c2)n1-c1ccccc1. The molecule has 4 rings (SSSR count). The number of carbonyl (C=O) groups is 3. The van der Waals surface area contributed by atoms with Crippen LogP contribution in [0.5, 0.6) is 0 Å². The van der Waals surface area contributed by atoms with Gasteiger partial charge >= 0.3 is 0 Å². The first-order valence-corrected chi connectivity index (χ1v) is 11.1. The lowest BCUT2D eigenvalue weighted by Gasteiger charge is -2.10. The first-order chi connectivity index (χ1) is 16.4. The summed E-state index contributed by atoms with van der Waals surface area (Å²) in [6, 6.07) is 16.0. The number of ketones is 1. The van der Waals surface area contributed by atoms with Crippen LogP contribution in [-0.2, 0) is 9.59 Å². The van der Waals surface area contributed by atoms with Gasteiger partial charge in [-0.15, -0.1) is 10.2 Å². The number of benzene rings is 2. The first-order valence-electron chi connectivity index (χ1n) is 10.1. The Hall–Kier alpha value is -4.32. The molecule has 0 aliphatic heterocycles. The highest BCUT2D eigenvalue weighted by Gasteiger charge is 2.24. The van der Waals surface area contributed by atoms with Gasteiger partial charge in [-0.1, -0.05) is 42.1 Å². The monoisotopic (exact) mass is 477 g/mol. The van der Waals surface area contributed by atoms with E-state index in [9.17, 15) is 14.4 Å². The molecule has 2 N–H and O–H groups in total. The molecule has 0 fully saturated rings. The number of amides is 2. The highest BCUT2D eigenvalue weighted by Crippen LogP contribution is 2.30. The molecule has 11 nitrogen and oxygen atoms in total. The highest BCUT2D eigenvalue weighted by atomic mass is 32.2. The smallest absolute Gasteiger partial charge is 0.234 e. The molecule has 0 radical (unpaired) electrons. The van der Waals surface area contributed by atoms with Crippen molar-refractivity contribution in [3.63, 3.8) is 0 Å². The fourth-order valence-electron chi connectivity index (χ4n) is 3.05. The molecule has 12 heteroatoms. The normalized spacial score (nSPS) is 10.6. The number of carbonyl (C=O) groups excluding carboxylic acids is 3. The molecule has 0 saturated heterocycles. The van der Waals surface area contributed by atoms with E-state index in [1.165, 1.54) is 13.8 Å². The predicted molar refractivity (Wildman–Crippen MR) is 125 cm³/mol. The lowest BCUT2D eigenvalue weighted by molar-refractivity contribution is -0.114. The van der Waals surface area contributed by atoms with Gasteiger partial charge < -0.3 is 10.6 Å². The summed E-state index contributed by atoms with van der Waals surface area (Å²) in [4.78, 5) is 35.7. The molecule has 0 bridgehead atoms. The number of anilines is 2. The second-order valence-corrected chi connectivity index (χ2v) is 8.04. The van der Waals surface area contributed by atoms with Gasteiger partial charge in [0.1, 0.15) is 0 Å². The molecule has 172 valence electrons. The van der Waals surface area contributed by atoms with Crippen LogP contribution in [0.2, 0.25) is 0 Å². The molecule has 0 aliphatic rings. The molecule has 0 spiro atoms. The molecule has 2 heterocycles. The Morgan fingerprint density at radius 2 is 1.76 bits per heavy atom. The minimum atomic E-state index is -0.345. The average molecular weight is 478 g/mol. The van der Waals surface area contributed by atoms with Crippen LogP contribution in [0.3, 0.4) is 0 Å². The van der Waals surface area contributed by atoms with E-state index in [0.29, 0.717) is 16.4 Å². The van der Waals surface area contributed by atoms with Crippen LogP contribution >= 0.6 is 11.8 Å². The maximum atomic E-state index is 12.6. The molecule has 0 aliphatic carbocycles. The van der Waals surface area contributed by atoms with E-state index < -0.39 is 0 Å². The summed E-state index contributed by atoms with van der Waals surface area (Å²) in [6.07, 6.45) is 0. The minimum absolute atomic E-state index is 0.0326. The van der Waals surface area contributed by atoms with Crippen LogP contribution in [0, 0.1) is 0 Å². The predicted octanol–water partition coefficient (Wildman–Crippen LogP) is 3.21. The Labute approximate surface area is 197 Å². The summed E-state index contributed by atoms with van der Waals surface area (Å²) >= 11 is 1.16. The van der Waals surface area contributed by atoms with Crippen LogP contribution < -0.4 is 10.6 Å². The van der Waals surface area contributed by atoms with Gasteiger partial charge in [-0.3, -0.25) is 19.0 Å². The van der Waals surface area contributed by atoms with Crippen molar-refractivity contribution in [2.75, 3.05) is 16.4 Å². The highest BCUT2D eigenvalue weighted by molar-refractivity contribution is 7.99. The van der Waals surface area contributed by atoms with Gasteiger partial charge in [0, 0.05) is 23.9 Å². The molecule has 0 saturated carbocycles. The number of nitrogens with zero attached hydrogens (tertiary/aromatic N) is 5. The van der Waals surface area contributed by atoms with Crippen LogP contribution in [0.25, 0.3) is 17.2 Å². The summed E-state index contributed by atoms with van der Waals surface area (Å²) in [5.41, 5.74) is 1.95. The summed E-state index contributed by atoms with van der Waals surface area (Å²) in [5.74, 6) is -0.287. The van der Waals surface area contributed by atoms with Crippen LogP contribution in [0.15, 0.2) is 64.4 Å². The first kappa shape index (κ1) is 22.9. The largest absolute Gasteiger partial charge is 0.325 e. The van der Waals surface area contributed by atoms with Crippen molar-refractivity contribution in [3.05, 3.63) is 60.2 Å². The van der Waals surface area contributed by atoms with E-state index in [4.69, 9.17) is 4.63 Å². The molecule has 4 aromatic rings. The summed E-state index contributed by atoms with van der Waals surface area (Å²) in [6.45, 7) is 2.80. The van der Waals surface area contributed by atoms with Crippen molar-refractivity contribution < 1.29 is 19.0 Å². The van der Waals surface area contributed by atoms with Gasteiger partial charge in [-0.2, -0.15) is 0 Å². The van der Waals surface area contributed by atoms with Gasteiger partial charge in [-0.25, -0.2) is 4.63 Å². The lowest BCUT2D eigenvalue weighted by atomic mass is 10.1. The number of para-hydroxylation sites is 1. The number of hydrogen-bond acceptors (Lipinski definition) is 9. The fraction of sp³-hybridized carbons (Fsp3) is 0.136. The maximum Gasteiger partial charge on any atom is 0.234 e. The third kappa shape index (κ3) is 5.18. The van der Waals surface area contributed by atoms with E-state index in [0.717, 1.165) is 17.4 Å². The van der Waals surface area contributed by atoms with Crippen LogP contribution in [0.4, 0.5) is 11.5 Å².